The van der Waals surface area contributed by atoms with E-state index in [0.29, 0.717) is 12.8 Å². The molecule has 1 heterocycles. The molecule has 24 heavy (non-hydrogen) atoms. The lowest BCUT2D eigenvalue weighted by atomic mass is 10.1. The van der Waals surface area contributed by atoms with Gasteiger partial charge in [-0.15, -0.1) is 0 Å². The minimum Gasteiger partial charge on any atom is -0.496 e. The molecule has 0 saturated heterocycles. The summed E-state index contributed by atoms with van der Waals surface area (Å²) in [5.41, 5.74) is 1.87. The number of carbonyl (C=O) groups is 1. The molecular formula is C20H21NO3. The number of hydrogen-bond acceptors (Lipinski definition) is 3. The molecule has 3 rings (SSSR count). The van der Waals surface area contributed by atoms with Gasteiger partial charge in [0.1, 0.15) is 17.1 Å². The number of carbonyl (C=O) groups excluding carboxylic acids is 1. The van der Waals surface area contributed by atoms with E-state index in [-0.39, 0.29) is 11.9 Å². The average Bonchev–Trinajstić information content (AvgIpc) is 3.04. The Bertz CT molecular complexity index is 805. The van der Waals surface area contributed by atoms with Crippen LogP contribution in [0.3, 0.4) is 0 Å². The van der Waals surface area contributed by atoms with Crippen molar-refractivity contribution in [1.82, 2.24) is 5.32 Å². The van der Waals surface area contributed by atoms with E-state index in [1.54, 1.807) is 7.11 Å². The van der Waals surface area contributed by atoms with Crippen LogP contribution in [0.25, 0.3) is 11.0 Å². The molecule has 2 aromatic carbocycles. The first-order valence-corrected chi connectivity index (χ1v) is 8.07. The SMILES string of the molecule is COc1ccccc1CCC(=O)N[C@@H](C)c1cc2ccccc2o1. The van der Waals surface area contributed by atoms with Gasteiger partial charge in [0.15, 0.2) is 0 Å². The fraction of sp³-hybridized carbons (Fsp3) is 0.250. The van der Waals surface area contributed by atoms with Crippen LogP contribution >= 0.6 is 0 Å². The number of para-hydroxylation sites is 2. The van der Waals surface area contributed by atoms with Crippen molar-refractivity contribution in [2.24, 2.45) is 0 Å². The normalized spacial score (nSPS) is 12.1. The van der Waals surface area contributed by atoms with Crippen molar-refractivity contribution in [3.05, 3.63) is 65.9 Å². The van der Waals surface area contributed by atoms with Gasteiger partial charge in [-0.25, -0.2) is 0 Å². The molecule has 0 fully saturated rings. The van der Waals surface area contributed by atoms with Gasteiger partial charge in [0.25, 0.3) is 0 Å². The second-order valence-electron chi connectivity index (χ2n) is 5.79. The van der Waals surface area contributed by atoms with Crippen LogP contribution in [0.1, 0.15) is 30.7 Å². The molecule has 0 bridgehead atoms. The van der Waals surface area contributed by atoms with Crippen molar-refractivity contribution >= 4 is 16.9 Å². The number of aryl methyl sites for hydroxylation is 1. The standard InChI is InChI=1S/C20H21NO3/c1-14(19-13-16-8-4-6-10-18(16)24-19)21-20(22)12-11-15-7-3-5-9-17(15)23-2/h3-10,13-14H,11-12H2,1-2H3,(H,21,22)/t14-/m0/s1. The summed E-state index contributed by atoms with van der Waals surface area (Å²) in [6, 6.07) is 17.4. The molecule has 1 aromatic heterocycles. The zero-order chi connectivity index (χ0) is 16.9. The molecule has 3 aromatic rings. The predicted octanol–water partition coefficient (Wildman–Crippen LogP) is 4.25. The highest BCUT2D eigenvalue weighted by Gasteiger charge is 2.14. The van der Waals surface area contributed by atoms with Crippen LogP contribution in [0, 0.1) is 0 Å². The lowest BCUT2D eigenvalue weighted by molar-refractivity contribution is -0.121. The fourth-order valence-electron chi connectivity index (χ4n) is 2.76. The first-order chi connectivity index (χ1) is 11.7. The Morgan fingerprint density at radius 3 is 2.71 bits per heavy atom. The molecule has 0 aliphatic carbocycles. The van der Waals surface area contributed by atoms with E-state index in [1.165, 1.54) is 0 Å². The Morgan fingerprint density at radius 1 is 1.17 bits per heavy atom. The van der Waals surface area contributed by atoms with E-state index in [1.807, 2.05) is 61.5 Å². The zero-order valence-electron chi connectivity index (χ0n) is 13.9. The second kappa shape index (κ2) is 7.21. The zero-order valence-corrected chi connectivity index (χ0v) is 13.9. The third-order valence-corrected chi connectivity index (χ3v) is 4.06. The maximum Gasteiger partial charge on any atom is 0.220 e. The summed E-state index contributed by atoms with van der Waals surface area (Å²) in [7, 11) is 1.64. The lowest BCUT2D eigenvalue weighted by Crippen LogP contribution is -2.26. The van der Waals surface area contributed by atoms with Crippen LogP contribution in [-0.4, -0.2) is 13.0 Å². The molecule has 0 radical (unpaired) electrons. The molecule has 0 unspecified atom stereocenters. The summed E-state index contributed by atoms with van der Waals surface area (Å²) in [5, 5.41) is 4.04. The number of amides is 1. The number of nitrogens with one attached hydrogen (secondary N) is 1. The van der Waals surface area contributed by atoms with Crippen molar-refractivity contribution in [2.45, 2.75) is 25.8 Å². The molecule has 0 saturated carbocycles. The van der Waals surface area contributed by atoms with E-state index in [0.717, 1.165) is 28.0 Å². The van der Waals surface area contributed by atoms with Gasteiger partial charge >= 0.3 is 0 Å². The molecule has 0 aliphatic rings. The summed E-state index contributed by atoms with van der Waals surface area (Å²) >= 11 is 0. The quantitative estimate of drug-likeness (QED) is 0.738. The van der Waals surface area contributed by atoms with Gasteiger partial charge in [0, 0.05) is 11.8 Å². The van der Waals surface area contributed by atoms with E-state index in [2.05, 4.69) is 5.32 Å². The Labute approximate surface area is 141 Å². The maximum absolute atomic E-state index is 12.2. The van der Waals surface area contributed by atoms with Crippen molar-refractivity contribution in [2.75, 3.05) is 7.11 Å². The number of ether oxygens (including phenoxy) is 1. The summed E-state index contributed by atoms with van der Waals surface area (Å²) in [6.07, 6.45) is 1.05. The Balaban J connectivity index is 1.60. The molecular weight excluding hydrogens is 302 g/mol. The predicted molar refractivity (Wildman–Crippen MR) is 94.1 cm³/mol. The van der Waals surface area contributed by atoms with E-state index in [9.17, 15) is 4.79 Å². The fourth-order valence-corrected chi connectivity index (χ4v) is 2.76. The van der Waals surface area contributed by atoms with Gasteiger partial charge in [-0.1, -0.05) is 36.4 Å². The molecule has 4 nitrogen and oxygen atoms in total. The van der Waals surface area contributed by atoms with Gasteiger partial charge in [-0.2, -0.15) is 0 Å². The van der Waals surface area contributed by atoms with Crippen LogP contribution in [0.5, 0.6) is 5.75 Å². The average molecular weight is 323 g/mol. The minimum atomic E-state index is -0.164. The topological polar surface area (TPSA) is 51.5 Å². The van der Waals surface area contributed by atoms with Crippen LogP contribution in [-0.2, 0) is 11.2 Å². The van der Waals surface area contributed by atoms with Gasteiger partial charge in [-0.05, 0) is 37.1 Å². The maximum atomic E-state index is 12.2. The molecule has 0 aliphatic heterocycles. The highest BCUT2D eigenvalue weighted by atomic mass is 16.5. The summed E-state index contributed by atoms with van der Waals surface area (Å²) in [5.74, 6) is 1.58. The molecule has 1 N–H and O–H groups in total. The van der Waals surface area contributed by atoms with Crippen molar-refractivity contribution in [1.29, 1.82) is 0 Å². The first kappa shape index (κ1) is 16.1. The van der Waals surface area contributed by atoms with Crippen molar-refractivity contribution in [3.8, 4) is 5.75 Å². The number of methoxy groups -OCH3 is 1. The third-order valence-electron chi connectivity index (χ3n) is 4.06. The van der Waals surface area contributed by atoms with Crippen LogP contribution in [0.2, 0.25) is 0 Å². The van der Waals surface area contributed by atoms with E-state index >= 15 is 0 Å². The summed E-state index contributed by atoms with van der Waals surface area (Å²) in [4.78, 5) is 12.2. The number of rotatable bonds is 6. The smallest absolute Gasteiger partial charge is 0.220 e. The molecule has 0 spiro atoms. The van der Waals surface area contributed by atoms with E-state index in [4.69, 9.17) is 9.15 Å². The minimum absolute atomic E-state index is 0.00568. The van der Waals surface area contributed by atoms with Gasteiger partial charge in [0.05, 0.1) is 13.2 Å². The van der Waals surface area contributed by atoms with Crippen LogP contribution < -0.4 is 10.1 Å². The lowest BCUT2D eigenvalue weighted by Gasteiger charge is -2.12. The van der Waals surface area contributed by atoms with Crippen LogP contribution in [0.15, 0.2) is 59.0 Å². The first-order valence-electron chi connectivity index (χ1n) is 8.07. The number of hydrogen-bond donors (Lipinski definition) is 1. The highest BCUT2D eigenvalue weighted by Crippen LogP contribution is 2.24. The third kappa shape index (κ3) is 3.59. The second-order valence-corrected chi connectivity index (χ2v) is 5.79. The summed E-state index contributed by atoms with van der Waals surface area (Å²) < 4.78 is 11.1. The highest BCUT2D eigenvalue weighted by molar-refractivity contribution is 5.79. The number of benzene rings is 2. The van der Waals surface area contributed by atoms with E-state index < -0.39 is 0 Å². The molecule has 124 valence electrons. The Morgan fingerprint density at radius 2 is 1.92 bits per heavy atom. The van der Waals surface area contributed by atoms with Crippen molar-refractivity contribution in [3.63, 3.8) is 0 Å². The van der Waals surface area contributed by atoms with Gasteiger partial charge < -0.3 is 14.5 Å². The number of fused-ring (bicyclic) bond motifs is 1. The Hall–Kier alpha value is -2.75. The monoisotopic (exact) mass is 323 g/mol. The number of furan rings is 1. The van der Waals surface area contributed by atoms with Crippen molar-refractivity contribution < 1.29 is 13.9 Å². The van der Waals surface area contributed by atoms with Gasteiger partial charge in [-0.3, -0.25) is 4.79 Å². The molecule has 1 amide bonds. The largest absolute Gasteiger partial charge is 0.496 e. The Kier molecular flexibility index (Phi) is 4.85. The van der Waals surface area contributed by atoms with Crippen LogP contribution in [0.4, 0.5) is 0 Å². The molecule has 4 heteroatoms. The molecule has 1 atom stereocenters. The summed E-state index contributed by atoms with van der Waals surface area (Å²) in [6.45, 7) is 1.93. The van der Waals surface area contributed by atoms with Gasteiger partial charge in [0.2, 0.25) is 5.91 Å².